The maximum absolute atomic E-state index is 6.06. The zero-order valence-corrected chi connectivity index (χ0v) is 6.92. The molecule has 2 nitrogen and oxygen atoms in total. The quantitative estimate of drug-likeness (QED) is 0.664. The Morgan fingerprint density at radius 2 is 2.36 bits per heavy atom. The van der Waals surface area contributed by atoms with E-state index in [1.54, 1.807) is 6.26 Å². The van der Waals surface area contributed by atoms with Crippen molar-refractivity contribution in [2.75, 3.05) is 0 Å². The molecule has 0 bridgehead atoms. The molecule has 0 saturated heterocycles. The predicted octanol–water partition coefficient (Wildman–Crippen LogP) is 1.78. The van der Waals surface area contributed by atoms with Crippen molar-refractivity contribution in [1.82, 2.24) is 0 Å². The molecule has 0 spiro atoms. The van der Waals surface area contributed by atoms with Crippen LogP contribution in [0, 0.1) is 12.8 Å². The normalized spacial score (nSPS) is 35.7. The first-order valence-corrected chi connectivity index (χ1v) is 3.98. The van der Waals surface area contributed by atoms with Gasteiger partial charge in [-0.1, -0.05) is 6.92 Å². The summed E-state index contributed by atoms with van der Waals surface area (Å²) in [7, 11) is 0. The molecule has 0 aromatic carbocycles. The molecule has 2 unspecified atom stereocenters. The first-order chi connectivity index (χ1) is 5.14. The zero-order valence-electron chi connectivity index (χ0n) is 6.92. The van der Waals surface area contributed by atoms with Gasteiger partial charge in [-0.05, 0) is 30.9 Å². The van der Waals surface area contributed by atoms with Crippen LogP contribution >= 0.6 is 0 Å². The van der Waals surface area contributed by atoms with Crippen LogP contribution < -0.4 is 5.73 Å². The summed E-state index contributed by atoms with van der Waals surface area (Å²) in [4.78, 5) is 0. The summed E-state index contributed by atoms with van der Waals surface area (Å²) >= 11 is 0. The van der Waals surface area contributed by atoms with Gasteiger partial charge in [0, 0.05) is 0 Å². The van der Waals surface area contributed by atoms with Gasteiger partial charge in [-0.3, -0.25) is 0 Å². The summed E-state index contributed by atoms with van der Waals surface area (Å²) in [6.07, 6.45) is 2.77. The van der Waals surface area contributed by atoms with E-state index < -0.39 is 0 Å². The highest BCUT2D eigenvalue weighted by molar-refractivity contribution is 5.29. The van der Waals surface area contributed by atoms with Crippen molar-refractivity contribution >= 4 is 0 Å². The molecule has 1 saturated carbocycles. The average molecular weight is 151 g/mol. The summed E-state index contributed by atoms with van der Waals surface area (Å²) in [5, 5.41) is 0. The largest absolute Gasteiger partial charge is 0.467 e. The molecular weight excluding hydrogens is 138 g/mol. The van der Waals surface area contributed by atoms with Crippen LogP contribution in [0.3, 0.4) is 0 Å². The molecular formula is C9H13NO. The van der Waals surface area contributed by atoms with Gasteiger partial charge in [0.15, 0.2) is 0 Å². The lowest BCUT2D eigenvalue weighted by Crippen LogP contribution is -2.21. The van der Waals surface area contributed by atoms with Crippen molar-refractivity contribution in [1.29, 1.82) is 0 Å². The van der Waals surface area contributed by atoms with Gasteiger partial charge in [-0.2, -0.15) is 0 Å². The molecule has 1 fully saturated rings. The number of aryl methyl sites for hydroxylation is 1. The first kappa shape index (κ1) is 6.92. The van der Waals surface area contributed by atoms with Crippen molar-refractivity contribution in [2.24, 2.45) is 11.7 Å². The van der Waals surface area contributed by atoms with Gasteiger partial charge in [0.1, 0.15) is 5.76 Å². The molecule has 60 valence electrons. The minimum atomic E-state index is -0.145. The third kappa shape index (κ3) is 0.824. The third-order valence-electron chi connectivity index (χ3n) is 2.65. The second-order valence-corrected chi connectivity index (χ2v) is 3.58. The SMILES string of the molecule is Cc1ccoc1C1(N)CC1C. The van der Waals surface area contributed by atoms with Crippen LogP contribution in [0.5, 0.6) is 0 Å². The summed E-state index contributed by atoms with van der Waals surface area (Å²) < 4.78 is 5.34. The Kier molecular flexibility index (Phi) is 1.19. The van der Waals surface area contributed by atoms with Gasteiger partial charge in [-0.15, -0.1) is 0 Å². The summed E-state index contributed by atoms with van der Waals surface area (Å²) in [5.74, 6) is 1.55. The fraction of sp³-hybridized carbons (Fsp3) is 0.556. The molecule has 1 aliphatic carbocycles. The predicted molar refractivity (Wildman–Crippen MR) is 43.1 cm³/mol. The molecule has 1 aliphatic rings. The number of rotatable bonds is 1. The third-order valence-corrected chi connectivity index (χ3v) is 2.65. The van der Waals surface area contributed by atoms with Crippen LogP contribution in [0.2, 0.25) is 0 Å². The van der Waals surface area contributed by atoms with E-state index >= 15 is 0 Å². The maximum Gasteiger partial charge on any atom is 0.126 e. The van der Waals surface area contributed by atoms with Gasteiger partial charge in [0.05, 0.1) is 11.8 Å². The van der Waals surface area contributed by atoms with Crippen molar-refractivity contribution < 1.29 is 4.42 Å². The van der Waals surface area contributed by atoms with Crippen LogP contribution in [0.1, 0.15) is 24.7 Å². The second-order valence-electron chi connectivity index (χ2n) is 3.58. The Hall–Kier alpha value is -0.760. The molecule has 2 atom stereocenters. The molecule has 1 heterocycles. The minimum Gasteiger partial charge on any atom is -0.467 e. The van der Waals surface area contributed by atoms with E-state index in [1.165, 1.54) is 5.56 Å². The second kappa shape index (κ2) is 1.89. The lowest BCUT2D eigenvalue weighted by atomic mass is 10.1. The lowest BCUT2D eigenvalue weighted by Gasteiger charge is -2.06. The molecule has 1 aromatic heterocycles. The fourth-order valence-corrected chi connectivity index (χ4v) is 1.61. The molecule has 0 radical (unpaired) electrons. The number of hydrogen-bond donors (Lipinski definition) is 1. The van der Waals surface area contributed by atoms with E-state index in [2.05, 4.69) is 6.92 Å². The highest BCUT2D eigenvalue weighted by Gasteiger charge is 2.52. The van der Waals surface area contributed by atoms with E-state index in [9.17, 15) is 0 Å². The Bertz CT molecular complexity index is 279. The highest BCUT2D eigenvalue weighted by atomic mass is 16.3. The van der Waals surface area contributed by atoms with Crippen LogP contribution in [0.25, 0.3) is 0 Å². The number of nitrogens with two attached hydrogens (primary N) is 1. The van der Waals surface area contributed by atoms with Crippen LogP contribution in [-0.4, -0.2) is 0 Å². The fourth-order valence-electron chi connectivity index (χ4n) is 1.61. The average Bonchev–Trinajstić information content (AvgIpc) is 2.43. The van der Waals surface area contributed by atoms with E-state index in [1.807, 2.05) is 13.0 Å². The van der Waals surface area contributed by atoms with Crippen LogP contribution in [0.4, 0.5) is 0 Å². The van der Waals surface area contributed by atoms with Crippen molar-refractivity contribution in [3.05, 3.63) is 23.7 Å². The Morgan fingerprint density at radius 3 is 2.73 bits per heavy atom. The molecule has 2 rings (SSSR count). The van der Waals surface area contributed by atoms with E-state index in [0.717, 1.165) is 12.2 Å². The van der Waals surface area contributed by atoms with E-state index in [4.69, 9.17) is 10.2 Å². The molecule has 11 heavy (non-hydrogen) atoms. The Morgan fingerprint density at radius 1 is 1.73 bits per heavy atom. The van der Waals surface area contributed by atoms with Gasteiger partial charge >= 0.3 is 0 Å². The van der Waals surface area contributed by atoms with Crippen molar-refractivity contribution in [3.8, 4) is 0 Å². The minimum absolute atomic E-state index is 0.145. The van der Waals surface area contributed by atoms with Crippen molar-refractivity contribution in [3.63, 3.8) is 0 Å². The standard InChI is InChI=1S/C9H13NO/c1-6-3-4-11-8(6)9(10)5-7(9)2/h3-4,7H,5,10H2,1-2H3. The van der Waals surface area contributed by atoms with Gasteiger partial charge in [0.2, 0.25) is 0 Å². The van der Waals surface area contributed by atoms with E-state index in [-0.39, 0.29) is 5.54 Å². The topological polar surface area (TPSA) is 39.2 Å². The van der Waals surface area contributed by atoms with Gasteiger partial charge in [-0.25, -0.2) is 0 Å². The highest BCUT2D eigenvalue weighted by Crippen LogP contribution is 2.50. The summed E-state index contributed by atoms with van der Waals surface area (Å²) in [6, 6.07) is 1.97. The Labute approximate surface area is 66.4 Å². The van der Waals surface area contributed by atoms with Crippen LogP contribution in [-0.2, 0) is 5.54 Å². The van der Waals surface area contributed by atoms with Gasteiger partial charge in [0.25, 0.3) is 0 Å². The Balaban J connectivity index is 2.37. The van der Waals surface area contributed by atoms with Crippen molar-refractivity contribution in [2.45, 2.75) is 25.8 Å². The van der Waals surface area contributed by atoms with E-state index in [0.29, 0.717) is 5.92 Å². The first-order valence-electron chi connectivity index (χ1n) is 3.98. The molecule has 0 aliphatic heterocycles. The number of furan rings is 1. The summed E-state index contributed by atoms with van der Waals surface area (Å²) in [5.41, 5.74) is 7.10. The lowest BCUT2D eigenvalue weighted by molar-refractivity contribution is 0.439. The molecule has 2 N–H and O–H groups in total. The maximum atomic E-state index is 6.06. The number of hydrogen-bond acceptors (Lipinski definition) is 2. The molecule has 2 heteroatoms. The summed E-state index contributed by atoms with van der Waals surface area (Å²) in [6.45, 7) is 4.19. The van der Waals surface area contributed by atoms with Gasteiger partial charge < -0.3 is 10.2 Å². The molecule has 0 amide bonds. The smallest absolute Gasteiger partial charge is 0.126 e. The molecule has 1 aromatic rings. The monoisotopic (exact) mass is 151 g/mol. The zero-order chi connectivity index (χ0) is 8.06. The van der Waals surface area contributed by atoms with Crippen LogP contribution in [0.15, 0.2) is 16.7 Å².